The van der Waals surface area contributed by atoms with Gasteiger partial charge in [-0.25, -0.2) is 4.98 Å². The predicted molar refractivity (Wildman–Crippen MR) is 132 cm³/mol. The van der Waals surface area contributed by atoms with Crippen molar-refractivity contribution in [1.82, 2.24) is 9.97 Å². The molecule has 0 aliphatic carbocycles. The van der Waals surface area contributed by atoms with E-state index in [4.69, 9.17) is 9.72 Å². The summed E-state index contributed by atoms with van der Waals surface area (Å²) in [5.41, 5.74) is 4.81. The van der Waals surface area contributed by atoms with Crippen molar-refractivity contribution >= 4 is 16.5 Å². The number of H-pyrrole nitrogens is 1. The number of nitrogens with zero attached hydrogens (tertiary/aromatic N) is 1. The quantitative estimate of drug-likeness (QED) is 0.355. The van der Waals surface area contributed by atoms with E-state index in [1.54, 1.807) is 0 Å². The molecule has 0 unspecified atom stereocenters. The van der Waals surface area contributed by atoms with E-state index in [0.29, 0.717) is 17.8 Å². The van der Waals surface area contributed by atoms with E-state index in [1.807, 2.05) is 42.5 Å². The number of benzene rings is 3. The topological polar surface area (TPSA) is 55.0 Å². The van der Waals surface area contributed by atoms with Gasteiger partial charge in [-0.3, -0.25) is 4.79 Å². The number of hydrogen-bond donors (Lipinski definition) is 1. The molecule has 32 heavy (non-hydrogen) atoms. The van der Waals surface area contributed by atoms with Gasteiger partial charge in [0.25, 0.3) is 5.56 Å². The Kier molecular flexibility index (Phi) is 6.81. The van der Waals surface area contributed by atoms with Crippen LogP contribution in [0.5, 0.6) is 5.75 Å². The van der Waals surface area contributed by atoms with E-state index in [0.717, 1.165) is 41.7 Å². The van der Waals surface area contributed by atoms with Crippen LogP contribution in [-0.2, 0) is 6.42 Å². The van der Waals surface area contributed by atoms with Gasteiger partial charge < -0.3 is 9.72 Å². The lowest BCUT2D eigenvalue weighted by Gasteiger charge is -2.13. The highest BCUT2D eigenvalue weighted by molar-refractivity contribution is 5.91. The number of hydrogen-bond acceptors (Lipinski definition) is 3. The molecule has 0 radical (unpaired) electrons. The number of aromatic nitrogens is 2. The van der Waals surface area contributed by atoms with Crippen LogP contribution < -0.4 is 10.3 Å². The van der Waals surface area contributed by atoms with E-state index in [-0.39, 0.29) is 5.56 Å². The summed E-state index contributed by atoms with van der Waals surface area (Å²) in [6.45, 7) is 4.82. The van der Waals surface area contributed by atoms with Crippen molar-refractivity contribution < 1.29 is 4.74 Å². The Morgan fingerprint density at radius 2 is 1.75 bits per heavy atom. The summed E-state index contributed by atoms with van der Waals surface area (Å²) in [7, 11) is 0. The number of ether oxygens (including phenoxy) is 1. The minimum Gasteiger partial charge on any atom is -0.493 e. The molecular weight excluding hydrogens is 396 g/mol. The van der Waals surface area contributed by atoms with Gasteiger partial charge in [-0.2, -0.15) is 0 Å². The summed E-state index contributed by atoms with van der Waals surface area (Å²) in [5.74, 6) is 1.25. The number of rotatable bonds is 8. The van der Waals surface area contributed by atoms with Crippen LogP contribution in [-0.4, -0.2) is 16.6 Å². The third kappa shape index (κ3) is 4.65. The summed E-state index contributed by atoms with van der Waals surface area (Å²) in [5, 5.41) is 0.595. The van der Waals surface area contributed by atoms with Gasteiger partial charge >= 0.3 is 0 Å². The Hall–Kier alpha value is -3.66. The maximum absolute atomic E-state index is 13.0. The molecule has 162 valence electrons. The summed E-state index contributed by atoms with van der Waals surface area (Å²) >= 11 is 0. The molecule has 1 N–H and O–H groups in total. The fraction of sp³-hybridized carbons (Fsp3) is 0.214. The van der Waals surface area contributed by atoms with Crippen molar-refractivity contribution in [2.75, 3.05) is 6.61 Å². The lowest BCUT2D eigenvalue weighted by Crippen LogP contribution is -2.11. The first-order valence-electron chi connectivity index (χ1n) is 11.2. The molecule has 0 amide bonds. The first-order valence-corrected chi connectivity index (χ1v) is 11.2. The molecule has 0 saturated heterocycles. The number of fused-ring (bicyclic) bond motifs is 1. The molecule has 0 spiro atoms. The second-order valence-corrected chi connectivity index (χ2v) is 7.73. The van der Waals surface area contributed by atoms with Crippen LogP contribution >= 0.6 is 0 Å². The molecule has 3 aromatic carbocycles. The van der Waals surface area contributed by atoms with Gasteiger partial charge in [0.15, 0.2) is 0 Å². The van der Waals surface area contributed by atoms with Gasteiger partial charge in [0, 0.05) is 5.56 Å². The standard InChI is InChI=1S/C28H28N2O2/c1-3-19-32-25-16-9-8-13-23(25)27-29-26-22(14-10-15-24(26)28(31)30-27)21(4-2)18-17-20-11-6-5-7-12-20/h5-16,18H,3-4,17,19H2,1-2H3,(H,29,30,31)/b21-18-. The van der Waals surface area contributed by atoms with E-state index in [2.05, 4.69) is 55.2 Å². The summed E-state index contributed by atoms with van der Waals surface area (Å²) in [4.78, 5) is 20.9. The van der Waals surface area contributed by atoms with Crippen LogP contribution in [0.4, 0.5) is 0 Å². The van der Waals surface area contributed by atoms with Crippen LogP contribution in [0.1, 0.15) is 37.8 Å². The van der Waals surface area contributed by atoms with Gasteiger partial charge in [-0.1, -0.05) is 74.5 Å². The van der Waals surface area contributed by atoms with Gasteiger partial charge in [-0.05, 0) is 48.6 Å². The van der Waals surface area contributed by atoms with Crippen LogP contribution in [0.2, 0.25) is 0 Å². The fourth-order valence-corrected chi connectivity index (χ4v) is 3.85. The van der Waals surface area contributed by atoms with Crippen LogP contribution in [0.3, 0.4) is 0 Å². The summed E-state index contributed by atoms with van der Waals surface area (Å²) in [6, 6.07) is 23.9. The average molecular weight is 425 g/mol. The van der Waals surface area contributed by atoms with Gasteiger partial charge in [0.2, 0.25) is 0 Å². The lowest BCUT2D eigenvalue weighted by atomic mass is 9.98. The average Bonchev–Trinajstić information content (AvgIpc) is 2.84. The van der Waals surface area contributed by atoms with Gasteiger partial charge in [0.05, 0.1) is 23.1 Å². The highest BCUT2D eigenvalue weighted by Gasteiger charge is 2.14. The third-order valence-electron chi connectivity index (χ3n) is 5.49. The predicted octanol–water partition coefficient (Wildman–Crippen LogP) is 6.42. The highest BCUT2D eigenvalue weighted by atomic mass is 16.5. The molecule has 1 aromatic heterocycles. The largest absolute Gasteiger partial charge is 0.493 e. The number of allylic oxidation sites excluding steroid dienone is 2. The van der Waals surface area contributed by atoms with Crippen molar-refractivity contribution in [3.05, 3.63) is 100 Å². The number of nitrogens with one attached hydrogen (secondary N) is 1. The molecule has 4 rings (SSSR count). The van der Waals surface area contributed by atoms with Crippen molar-refractivity contribution in [3.63, 3.8) is 0 Å². The number of para-hydroxylation sites is 2. The van der Waals surface area contributed by atoms with Crippen LogP contribution in [0.15, 0.2) is 83.7 Å². The second kappa shape index (κ2) is 10.1. The van der Waals surface area contributed by atoms with E-state index < -0.39 is 0 Å². The maximum Gasteiger partial charge on any atom is 0.259 e. The van der Waals surface area contributed by atoms with E-state index in [9.17, 15) is 4.79 Å². The zero-order chi connectivity index (χ0) is 22.3. The second-order valence-electron chi connectivity index (χ2n) is 7.73. The first-order chi connectivity index (χ1) is 15.7. The molecule has 0 saturated carbocycles. The molecule has 1 heterocycles. The highest BCUT2D eigenvalue weighted by Crippen LogP contribution is 2.30. The Bertz CT molecular complexity index is 1290. The zero-order valence-electron chi connectivity index (χ0n) is 18.6. The molecule has 4 heteroatoms. The minimum absolute atomic E-state index is 0.143. The minimum atomic E-state index is -0.143. The molecule has 0 aliphatic heterocycles. The Morgan fingerprint density at radius 3 is 2.53 bits per heavy atom. The molecule has 0 fully saturated rings. The van der Waals surface area contributed by atoms with Crippen molar-refractivity contribution in [3.8, 4) is 17.1 Å². The lowest BCUT2D eigenvalue weighted by molar-refractivity contribution is 0.318. The summed E-state index contributed by atoms with van der Waals surface area (Å²) in [6.07, 6.45) is 4.84. The molecule has 0 aliphatic rings. The van der Waals surface area contributed by atoms with Gasteiger partial charge in [-0.15, -0.1) is 0 Å². The Labute approximate surface area is 188 Å². The maximum atomic E-state index is 13.0. The molecule has 0 bridgehead atoms. The SMILES string of the molecule is CCCOc1ccccc1-c1nc2c(/C(=C\Cc3ccccc3)CC)cccc2c(=O)[nH]1. The smallest absolute Gasteiger partial charge is 0.259 e. The third-order valence-corrected chi connectivity index (χ3v) is 5.49. The molecule has 4 aromatic rings. The Morgan fingerprint density at radius 1 is 0.969 bits per heavy atom. The molecular formula is C28H28N2O2. The summed E-state index contributed by atoms with van der Waals surface area (Å²) < 4.78 is 5.91. The van der Waals surface area contributed by atoms with Crippen LogP contribution in [0, 0.1) is 0 Å². The van der Waals surface area contributed by atoms with E-state index >= 15 is 0 Å². The Balaban J connectivity index is 1.82. The van der Waals surface area contributed by atoms with Crippen molar-refractivity contribution in [2.24, 2.45) is 0 Å². The van der Waals surface area contributed by atoms with Crippen molar-refractivity contribution in [1.29, 1.82) is 0 Å². The number of aromatic amines is 1. The normalized spacial score (nSPS) is 11.6. The fourth-order valence-electron chi connectivity index (χ4n) is 3.85. The zero-order valence-corrected chi connectivity index (χ0v) is 18.6. The molecule has 4 nitrogen and oxygen atoms in total. The van der Waals surface area contributed by atoms with Gasteiger partial charge in [0.1, 0.15) is 11.6 Å². The molecule has 0 atom stereocenters. The first kappa shape index (κ1) is 21.6. The monoisotopic (exact) mass is 424 g/mol. The van der Waals surface area contributed by atoms with Crippen LogP contribution in [0.25, 0.3) is 27.9 Å². The van der Waals surface area contributed by atoms with Crippen molar-refractivity contribution in [2.45, 2.75) is 33.1 Å². The van der Waals surface area contributed by atoms with E-state index in [1.165, 1.54) is 11.1 Å².